The molecule has 3 heteroatoms. The average molecular weight is 545 g/mol. The van der Waals surface area contributed by atoms with Crippen LogP contribution in [0.4, 0.5) is 0 Å². The smallest absolute Gasteiger partial charge is 1.00 e. The van der Waals surface area contributed by atoms with Crippen LogP contribution >= 0.6 is 0 Å². The Morgan fingerprint density at radius 1 is 0.571 bits per heavy atom. The van der Waals surface area contributed by atoms with E-state index in [9.17, 15) is 0 Å². The van der Waals surface area contributed by atoms with Gasteiger partial charge in [0.1, 0.15) is 0 Å². The fraction of sp³-hybridized carbons (Fsp3) is 0.556. The molecule has 0 aromatic rings. The first kappa shape index (κ1) is 21.9. The van der Waals surface area contributed by atoms with E-state index in [-0.39, 0.29) is 24.8 Å². The van der Waals surface area contributed by atoms with Crippen molar-refractivity contribution in [2.75, 3.05) is 0 Å². The Kier molecular flexibility index (Phi) is 8.44. The van der Waals surface area contributed by atoms with E-state index < -0.39 is 35.9 Å². The summed E-state index contributed by atoms with van der Waals surface area (Å²) in [4.78, 5) is 0. The summed E-state index contributed by atoms with van der Waals surface area (Å²) in [5, 5.41) is 0. The summed E-state index contributed by atoms with van der Waals surface area (Å²) >= 11 is -1.01. The normalized spacial score (nSPS) is 25.3. The van der Waals surface area contributed by atoms with Crippen molar-refractivity contribution in [1.82, 2.24) is 0 Å². The van der Waals surface area contributed by atoms with Crippen LogP contribution in [0.3, 0.4) is 0 Å². The molecule has 0 amide bonds. The van der Waals surface area contributed by atoms with Crippen molar-refractivity contribution in [3.63, 3.8) is 0 Å². The summed E-state index contributed by atoms with van der Waals surface area (Å²) in [5.41, 5.74) is 9.65. The van der Waals surface area contributed by atoms with Gasteiger partial charge >= 0.3 is 139 Å². The van der Waals surface area contributed by atoms with E-state index in [1.807, 2.05) is 2.71 Å². The van der Waals surface area contributed by atoms with E-state index in [2.05, 4.69) is 55.4 Å². The summed E-state index contributed by atoms with van der Waals surface area (Å²) < 4.78 is 3.72. The Morgan fingerprint density at radius 3 is 1.05 bits per heavy atom. The maximum Gasteiger partial charge on any atom is -1.00 e. The van der Waals surface area contributed by atoms with Crippen molar-refractivity contribution in [1.29, 1.82) is 0 Å². The minimum Gasteiger partial charge on any atom is -1.00 e. The van der Waals surface area contributed by atoms with E-state index in [1.54, 1.807) is 33.4 Å². The Bertz CT molecular complexity index is 512. The van der Waals surface area contributed by atoms with E-state index >= 15 is 0 Å². The Balaban J connectivity index is 0.00000200. The van der Waals surface area contributed by atoms with Crippen molar-refractivity contribution < 1.29 is 60.7 Å². The molecule has 2 rings (SSSR count). The van der Waals surface area contributed by atoms with Gasteiger partial charge in [-0.05, 0) is 0 Å². The predicted molar refractivity (Wildman–Crippen MR) is 80.5 cm³/mol. The molecule has 0 aromatic heterocycles. The second-order valence-electron chi connectivity index (χ2n) is 6.26. The first-order valence-electron chi connectivity index (χ1n) is 7.31. The molecule has 0 spiro atoms. The first-order valence-corrected chi connectivity index (χ1v) is 11.4. The van der Waals surface area contributed by atoms with E-state index in [1.165, 1.54) is 0 Å². The molecule has 0 fully saturated rings. The zero-order chi connectivity index (χ0) is 14.5. The van der Waals surface area contributed by atoms with Crippen LogP contribution in [-0.2, 0) is 0 Å². The van der Waals surface area contributed by atoms with Gasteiger partial charge in [-0.2, -0.15) is 0 Å². The summed E-state index contributed by atoms with van der Waals surface area (Å²) in [5.74, 6) is 1.45. The summed E-state index contributed by atoms with van der Waals surface area (Å²) in [6.45, 7) is 18.8. The zero-order valence-electron chi connectivity index (χ0n) is 14.4. The van der Waals surface area contributed by atoms with Crippen LogP contribution in [0, 0.1) is 47.7 Å². The molecule has 2 unspecified atom stereocenters. The number of rotatable bonds is 2. The maximum atomic E-state index is 2.42. The number of hydrogen-bond donors (Lipinski definition) is 0. The SMILES string of the molecule is CC1=C(C)C(C)[C]([Th+2][C]2=C(C)C(C)=C(C)C2C)=C1C.[Cl-].[Cl-]. The van der Waals surface area contributed by atoms with Crippen molar-refractivity contribution in [3.8, 4) is 0 Å². The topological polar surface area (TPSA) is 0 Å². The third kappa shape index (κ3) is 3.69. The fourth-order valence-corrected chi connectivity index (χ4v) is 11.1. The van der Waals surface area contributed by atoms with Crippen molar-refractivity contribution in [2.24, 2.45) is 11.8 Å². The number of halogens is 2. The zero-order valence-corrected chi connectivity index (χ0v) is 20.0. The summed E-state index contributed by atoms with van der Waals surface area (Å²) in [7, 11) is 0. The van der Waals surface area contributed by atoms with Gasteiger partial charge in [0, 0.05) is 0 Å². The van der Waals surface area contributed by atoms with Crippen molar-refractivity contribution in [3.05, 3.63) is 36.1 Å². The minimum absolute atomic E-state index is 0. The van der Waals surface area contributed by atoms with E-state index in [0.717, 1.165) is 11.8 Å². The van der Waals surface area contributed by atoms with Crippen LogP contribution in [0.5, 0.6) is 0 Å². The molecule has 0 nitrogen and oxygen atoms in total. The molecule has 0 radical (unpaired) electrons. The molecule has 2 aliphatic rings. The molecule has 0 heterocycles. The monoisotopic (exact) mass is 544 g/mol. The molecule has 2 aliphatic carbocycles. The quantitative estimate of drug-likeness (QED) is 0.444. The largest absolute Gasteiger partial charge is 1.00 e. The molecule has 21 heavy (non-hydrogen) atoms. The van der Waals surface area contributed by atoms with Gasteiger partial charge in [0.2, 0.25) is 0 Å². The van der Waals surface area contributed by atoms with Crippen LogP contribution < -0.4 is 24.8 Å². The third-order valence-electron chi connectivity index (χ3n) is 5.55. The van der Waals surface area contributed by atoms with Crippen LogP contribution in [0.2, 0.25) is 0 Å². The van der Waals surface area contributed by atoms with Gasteiger partial charge in [0.05, 0.1) is 0 Å². The molecule has 0 saturated carbocycles. The second kappa shape index (κ2) is 8.11. The first-order chi connectivity index (χ1) is 8.77. The third-order valence-corrected chi connectivity index (χ3v) is 14.4. The standard InChI is InChI=1S/2C9H13.2ClH.Th/c2*1-6-5-7(2)9(4)8(6)3;;;/h2*6H,1-4H3;2*1H;/q;;;;+2/p-2. The number of hydrogen-bond acceptors (Lipinski definition) is 0. The fourth-order valence-electron chi connectivity index (χ4n) is 3.28. The van der Waals surface area contributed by atoms with Gasteiger partial charge in [-0.25, -0.2) is 0 Å². The van der Waals surface area contributed by atoms with Gasteiger partial charge < -0.3 is 24.8 Å². The predicted octanol–water partition coefficient (Wildman–Crippen LogP) is -0.400. The van der Waals surface area contributed by atoms with Crippen LogP contribution in [0.1, 0.15) is 55.4 Å². The Hall–Kier alpha value is 0.865. The molecule has 0 aliphatic heterocycles. The number of allylic oxidation sites excluding steroid dienone is 8. The molecule has 0 aromatic carbocycles. The Morgan fingerprint density at radius 2 is 0.857 bits per heavy atom. The molecule has 116 valence electrons. The summed E-state index contributed by atoms with van der Waals surface area (Å²) in [6.07, 6.45) is 0. The molecular weight excluding hydrogens is 519 g/mol. The van der Waals surface area contributed by atoms with Crippen molar-refractivity contribution >= 4 is 0 Å². The van der Waals surface area contributed by atoms with E-state index in [4.69, 9.17) is 0 Å². The molecule has 0 saturated heterocycles. The van der Waals surface area contributed by atoms with Crippen LogP contribution in [0.25, 0.3) is 0 Å². The summed E-state index contributed by atoms with van der Waals surface area (Å²) in [6, 6.07) is 0. The van der Waals surface area contributed by atoms with Crippen molar-refractivity contribution in [2.45, 2.75) is 55.4 Å². The van der Waals surface area contributed by atoms with Gasteiger partial charge in [0.15, 0.2) is 0 Å². The maximum absolute atomic E-state index is 2.42. The minimum atomic E-state index is -1.01. The van der Waals surface area contributed by atoms with Gasteiger partial charge in [-0.3, -0.25) is 0 Å². The average Bonchev–Trinajstić information content (AvgIpc) is 2.68. The molecule has 0 N–H and O–H groups in total. The van der Waals surface area contributed by atoms with Crippen LogP contribution in [0.15, 0.2) is 36.1 Å². The van der Waals surface area contributed by atoms with Crippen LogP contribution in [-0.4, -0.2) is 0 Å². The Labute approximate surface area is 162 Å². The molecular formula is C18H26Cl2Th. The molecule has 2 atom stereocenters. The second-order valence-corrected chi connectivity index (χ2v) is 11.7. The van der Waals surface area contributed by atoms with E-state index in [0.29, 0.717) is 0 Å². The molecule has 0 bridgehead atoms. The van der Waals surface area contributed by atoms with Gasteiger partial charge in [0.25, 0.3) is 0 Å². The van der Waals surface area contributed by atoms with Gasteiger partial charge in [-0.15, -0.1) is 0 Å². The van der Waals surface area contributed by atoms with Gasteiger partial charge in [-0.1, -0.05) is 0 Å².